The third-order valence-electron chi connectivity index (χ3n) is 6.85. The Bertz CT molecular complexity index is 1150. The lowest BCUT2D eigenvalue weighted by molar-refractivity contribution is -0.139. The molecule has 0 aliphatic carbocycles. The summed E-state index contributed by atoms with van der Waals surface area (Å²) >= 11 is 0. The maximum absolute atomic E-state index is 11.5. The van der Waals surface area contributed by atoms with Gasteiger partial charge in [-0.25, -0.2) is 0 Å². The molecule has 3 aromatic carbocycles. The van der Waals surface area contributed by atoms with E-state index in [1.165, 1.54) is 11.3 Å². The number of hydrogen-bond donors (Lipinski definition) is 2. The van der Waals surface area contributed by atoms with Crippen LogP contribution >= 0.6 is 0 Å². The number of benzene rings is 3. The van der Waals surface area contributed by atoms with Gasteiger partial charge in [0.15, 0.2) is 5.78 Å². The minimum absolute atomic E-state index is 0.100. The molecule has 6 nitrogen and oxygen atoms in total. The van der Waals surface area contributed by atoms with Crippen LogP contribution in [0.25, 0.3) is 11.1 Å². The molecule has 1 atom stereocenters. The van der Waals surface area contributed by atoms with Crippen LogP contribution in [0, 0.1) is 0 Å². The van der Waals surface area contributed by atoms with Crippen molar-refractivity contribution >= 4 is 17.4 Å². The Kier molecular flexibility index (Phi) is 8.52. The molecule has 0 saturated carbocycles. The Morgan fingerprint density at radius 1 is 0.833 bits per heavy atom. The lowest BCUT2D eigenvalue weighted by atomic mass is 9.99. The molecule has 2 N–H and O–H groups in total. The fourth-order valence-corrected chi connectivity index (χ4v) is 4.69. The molecule has 0 amide bonds. The highest BCUT2D eigenvalue weighted by Gasteiger charge is 2.18. The molecule has 0 bridgehead atoms. The van der Waals surface area contributed by atoms with Crippen LogP contribution in [0.2, 0.25) is 0 Å². The van der Waals surface area contributed by atoms with Gasteiger partial charge in [-0.2, -0.15) is 0 Å². The Morgan fingerprint density at radius 2 is 1.39 bits per heavy atom. The van der Waals surface area contributed by atoms with Gasteiger partial charge in [0, 0.05) is 44.0 Å². The Morgan fingerprint density at radius 3 is 1.89 bits per heavy atom. The molecule has 0 radical (unpaired) electrons. The molecule has 1 heterocycles. The van der Waals surface area contributed by atoms with Crippen LogP contribution < -0.4 is 10.2 Å². The molecule has 1 aliphatic heterocycles. The largest absolute Gasteiger partial charge is 0.480 e. The molecule has 6 heteroatoms. The number of carboxylic acid groups (broad SMARTS) is 1. The zero-order chi connectivity index (χ0) is 25.5. The zero-order valence-electron chi connectivity index (χ0n) is 21.1. The number of anilines is 1. The first-order valence-electron chi connectivity index (χ1n) is 12.7. The highest BCUT2D eigenvalue weighted by Crippen LogP contribution is 2.23. The minimum atomic E-state index is -0.818. The fourth-order valence-electron chi connectivity index (χ4n) is 4.69. The molecule has 36 heavy (non-hydrogen) atoms. The summed E-state index contributed by atoms with van der Waals surface area (Å²) in [4.78, 5) is 27.7. The van der Waals surface area contributed by atoms with Gasteiger partial charge < -0.3 is 15.3 Å². The number of nitrogens with one attached hydrogen (secondary N) is 1. The number of carbonyl (C=O) groups excluding carboxylic acids is 1. The quantitative estimate of drug-likeness (QED) is 0.413. The molecule has 1 fully saturated rings. The second kappa shape index (κ2) is 12.0. The minimum Gasteiger partial charge on any atom is -0.480 e. The van der Waals surface area contributed by atoms with Crippen molar-refractivity contribution < 1.29 is 14.7 Å². The molecule has 4 rings (SSSR count). The second-order valence-corrected chi connectivity index (χ2v) is 9.41. The van der Waals surface area contributed by atoms with E-state index in [-0.39, 0.29) is 5.78 Å². The highest BCUT2D eigenvalue weighted by molar-refractivity contribution is 5.94. The van der Waals surface area contributed by atoms with Gasteiger partial charge in [0.1, 0.15) is 6.04 Å². The molecule has 188 valence electrons. The summed E-state index contributed by atoms with van der Waals surface area (Å²) in [5.74, 6) is -0.718. The first-order valence-corrected chi connectivity index (χ1v) is 12.7. The second-order valence-electron chi connectivity index (χ2n) is 9.41. The van der Waals surface area contributed by atoms with Crippen LogP contribution in [0.3, 0.4) is 0 Å². The van der Waals surface area contributed by atoms with E-state index in [2.05, 4.69) is 51.5 Å². The number of likely N-dealkylation sites (N-methyl/N-ethyl adjacent to an activating group) is 1. The topological polar surface area (TPSA) is 72.9 Å². The predicted molar refractivity (Wildman–Crippen MR) is 145 cm³/mol. The number of aliphatic carboxylic acids is 1. The predicted octanol–water partition coefficient (Wildman–Crippen LogP) is 4.48. The van der Waals surface area contributed by atoms with Crippen LogP contribution in [0.1, 0.15) is 35.3 Å². The van der Waals surface area contributed by atoms with E-state index in [1.807, 2.05) is 43.3 Å². The lowest BCUT2D eigenvalue weighted by Crippen LogP contribution is -2.45. The molecule has 1 unspecified atom stereocenters. The van der Waals surface area contributed by atoms with Gasteiger partial charge in [0.2, 0.25) is 0 Å². The average Bonchev–Trinajstić information content (AvgIpc) is 2.90. The van der Waals surface area contributed by atoms with Crippen molar-refractivity contribution in [2.45, 2.75) is 32.9 Å². The van der Waals surface area contributed by atoms with E-state index in [0.717, 1.165) is 55.0 Å². The van der Waals surface area contributed by atoms with Crippen molar-refractivity contribution in [3.63, 3.8) is 0 Å². The summed E-state index contributed by atoms with van der Waals surface area (Å²) in [6.45, 7) is 9.02. The van der Waals surface area contributed by atoms with E-state index in [4.69, 9.17) is 0 Å². The van der Waals surface area contributed by atoms with Crippen molar-refractivity contribution in [2.75, 3.05) is 37.6 Å². The molecular weight excluding hydrogens is 450 g/mol. The number of piperazine rings is 1. The third kappa shape index (κ3) is 6.59. The van der Waals surface area contributed by atoms with E-state index < -0.39 is 12.0 Å². The van der Waals surface area contributed by atoms with Crippen molar-refractivity contribution in [2.24, 2.45) is 0 Å². The molecule has 1 saturated heterocycles. The number of rotatable bonds is 10. The Balaban J connectivity index is 1.29. The first kappa shape index (κ1) is 25.6. The zero-order valence-corrected chi connectivity index (χ0v) is 21.1. The first-order chi connectivity index (χ1) is 17.4. The van der Waals surface area contributed by atoms with E-state index in [9.17, 15) is 14.7 Å². The van der Waals surface area contributed by atoms with Crippen LogP contribution in [0.4, 0.5) is 5.69 Å². The Labute approximate surface area is 213 Å². The van der Waals surface area contributed by atoms with E-state index in [1.54, 1.807) is 6.92 Å². The van der Waals surface area contributed by atoms with Gasteiger partial charge in [0.25, 0.3) is 0 Å². The molecule has 1 aliphatic rings. The SMILES string of the molecule is CCNC(Cc1ccc(-c2ccc(CN3CCN(c4ccc(C(C)=O)cc4)CC3)cc2)cc1)C(=O)O. The van der Waals surface area contributed by atoms with Crippen molar-refractivity contribution in [3.05, 3.63) is 89.5 Å². The summed E-state index contributed by atoms with van der Waals surface area (Å²) in [6.07, 6.45) is 0.472. The fraction of sp³-hybridized carbons (Fsp3) is 0.333. The molecular formula is C30H35N3O3. The van der Waals surface area contributed by atoms with Gasteiger partial charge in [0.05, 0.1) is 0 Å². The van der Waals surface area contributed by atoms with Crippen LogP contribution in [-0.2, 0) is 17.8 Å². The number of nitrogens with zero attached hydrogens (tertiary/aromatic N) is 2. The highest BCUT2D eigenvalue weighted by atomic mass is 16.4. The number of Topliss-reactive ketones (excluding diaryl/α,β-unsaturated/α-hetero) is 1. The normalized spacial score (nSPS) is 15.0. The van der Waals surface area contributed by atoms with Crippen molar-refractivity contribution in [1.82, 2.24) is 10.2 Å². The Hall–Kier alpha value is -3.48. The molecule has 0 spiro atoms. The van der Waals surface area contributed by atoms with Gasteiger partial charge in [-0.15, -0.1) is 0 Å². The van der Waals surface area contributed by atoms with Crippen LogP contribution in [-0.4, -0.2) is 60.5 Å². The monoisotopic (exact) mass is 485 g/mol. The standard InChI is InChI=1S/C30H35N3O3/c1-3-31-29(30(35)36)20-23-4-8-26(9-5-23)27-10-6-24(7-11-27)21-32-16-18-33(19-17-32)28-14-12-25(13-15-28)22(2)34/h4-15,29,31H,3,16-21H2,1-2H3,(H,35,36). The number of carbonyl (C=O) groups is 2. The van der Waals surface area contributed by atoms with Crippen LogP contribution in [0.15, 0.2) is 72.8 Å². The summed E-state index contributed by atoms with van der Waals surface area (Å²) in [7, 11) is 0. The lowest BCUT2D eigenvalue weighted by Gasteiger charge is -2.36. The number of hydrogen-bond acceptors (Lipinski definition) is 5. The van der Waals surface area contributed by atoms with Crippen LogP contribution in [0.5, 0.6) is 0 Å². The smallest absolute Gasteiger partial charge is 0.321 e. The summed E-state index contributed by atoms with van der Waals surface area (Å²) in [5, 5.41) is 12.4. The van der Waals surface area contributed by atoms with E-state index in [0.29, 0.717) is 13.0 Å². The summed E-state index contributed by atoms with van der Waals surface area (Å²) in [6, 6.07) is 24.2. The van der Waals surface area contributed by atoms with Gasteiger partial charge in [-0.1, -0.05) is 55.5 Å². The molecule has 0 aromatic heterocycles. The number of ketones is 1. The summed E-state index contributed by atoms with van der Waals surface area (Å²) in [5.41, 5.74) is 6.53. The van der Waals surface area contributed by atoms with Crippen molar-refractivity contribution in [1.29, 1.82) is 0 Å². The van der Waals surface area contributed by atoms with Gasteiger partial charge in [-0.3, -0.25) is 14.5 Å². The van der Waals surface area contributed by atoms with Gasteiger partial charge in [-0.05, 0) is 66.4 Å². The molecule has 3 aromatic rings. The van der Waals surface area contributed by atoms with E-state index >= 15 is 0 Å². The third-order valence-corrected chi connectivity index (χ3v) is 6.85. The maximum Gasteiger partial charge on any atom is 0.321 e. The van der Waals surface area contributed by atoms with Crippen molar-refractivity contribution in [3.8, 4) is 11.1 Å². The average molecular weight is 486 g/mol. The maximum atomic E-state index is 11.5. The number of carboxylic acids is 1. The summed E-state index contributed by atoms with van der Waals surface area (Å²) < 4.78 is 0. The van der Waals surface area contributed by atoms with Gasteiger partial charge >= 0.3 is 5.97 Å².